The molecule has 4 heteroatoms. The van der Waals surface area contributed by atoms with Gasteiger partial charge >= 0.3 is 6.03 Å². The van der Waals surface area contributed by atoms with Crippen molar-refractivity contribution in [1.29, 1.82) is 0 Å². The summed E-state index contributed by atoms with van der Waals surface area (Å²) in [4.78, 5) is 13.0. The number of nitrogens with two attached hydrogens (primary N) is 1. The second kappa shape index (κ2) is 4.39. The van der Waals surface area contributed by atoms with E-state index in [-0.39, 0.29) is 24.1 Å². The summed E-state index contributed by atoms with van der Waals surface area (Å²) < 4.78 is 0. The molecule has 0 aromatic carbocycles. The van der Waals surface area contributed by atoms with Crippen LogP contribution >= 0.6 is 0 Å². The fraction of sp³-hybridized carbons (Fsp3) is 0.909. The van der Waals surface area contributed by atoms with Gasteiger partial charge in [0.15, 0.2) is 0 Å². The first-order valence-corrected chi connectivity index (χ1v) is 5.94. The first kappa shape index (κ1) is 10.7. The Balaban J connectivity index is 2.04. The van der Waals surface area contributed by atoms with Gasteiger partial charge in [-0.25, -0.2) is 4.79 Å². The van der Waals surface area contributed by atoms with E-state index < -0.39 is 0 Å². The Labute approximate surface area is 90.4 Å². The van der Waals surface area contributed by atoms with Crippen LogP contribution in [0.4, 0.5) is 4.79 Å². The molecule has 0 spiro atoms. The summed E-state index contributed by atoms with van der Waals surface area (Å²) in [7, 11) is 0. The molecule has 3 N–H and O–H groups in total. The largest absolute Gasteiger partial charge is 0.393 e. The van der Waals surface area contributed by atoms with Crippen LogP contribution in [0, 0.1) is 5.92 Å². The summed E-state index contributed by atoms with van der Waals surface area (Å²) >= 11 is 0. The van der Waals surface area contributed by atoms with Gasteiger partial charge in [-0.2, -0.15) is 0 Å². The van der Waals surface area contributed by atoms with Gasteiger partial charge in [-0.1, -0.05) is 12.8 Å². The standard InChI is InChI=1S/C11H20N2O2/c12-11(15)13-7-3-5-9(13)8-4-1-2-6-10(8)14/h8-10,14H,1-7H2,(H2,12,15). The number of hydrogen-bond donors (Lipinski definition) is 2. The monoisotopic (exact) mass is 212 g/mol. The van der Waals surface area contributed by atoms with Crippen molar-refractivity contribution in [3.05, 3.63) is 0 Å². The fourth-order valence-corrected chi connectivity index (χ4v) is 3.10. The molecule has 3 unspecified atom stereocenters. The van der Waals surface area contributed by atoms with Crippen LogP contribution in [-0.2, 0) is 0 Å². The van der Waals surface area contributed by atoms with Crippen LogP contribution < -0.4 is 5.73 Å². The van der Waals surface area contributed by atoms with Crippen LogP contribution in [0.5, 0.6) is 0 Å². The lowest BCUT2D eigenvalue weighted by atomic mass is 9.80. The molecular formula is C11H20N2O2. The lowest BCUT2D eigenvalue weighted by Crippen LogP contribution is -2.47. The Kier molecular flexibility index (Phi) is 3.14. The minimum absolute atomic E-state index is 0.192. The molecule has 4 nitrogen and oxygen atoms in total. The number of urea groups is 1. The second-order valence-corrected chi connectivity index (χ2v) is 4.76. The number of carbonyl (C=O) groups is 1. The van der Waals surface area contributed by atoms with Gasteiger partial charge in [0.05, 0.1) is 6.10 Å². The summed E-state index contributed by atoms with van der Waals surface area (Å²) in [5.41, 5.74) is 5.35. The normalized spacial score (nSPS) is 36.9. The zero-order valence-electron chi connectivity index (χ0n) is 9.06. The molecule has 0 radical (unpaired) electrons. The van der Waals surface area contributed by atoms with Crippen molar-refractivity contribution in [2.24, 2.45) is 11.7 Å². The topological polar surface area (TPSA) is 66.6 Å². The summed E-state index contributed by atoms with van der Waals surface area (Å²) in [6.07, 6.45) is 6.00. The molecule has 1 saturated heterocycles. The van der Waals surface area contributed by atoms with Gasteiger partial charge in [0, 0.05) is 18.5 Å². The minimum atomic E-state index is -0.324. The van der Waals surface area contributed by atoms with E-state index in [0.29, 0.717) is 0 Å². The van der Waals surface area contributed by atoms with E-state index in [1.54, 1.807) is 4.90 Å². The number of aliphatic hydroxyl groups is 1. The number of likely N-dealkylation sites (tertiary alicyclic amines) is 1. The molecular weight excluding hydrogens is 192 g/mol. The molecule has 2 fully saturated rings. The smallest absolute Gasteiger partial charge is 0.315 e. The van der Waals surface area contributed by atoms with Crippen molar-refractivity contribution in [3.63, 3.8) is 0 Å². The highest BCUT2D eigenvalue weighted by atomic mass is 16.3. The molecule has 1 aliphatic heterocycles. The Morgan fingerprint density at radius 2 is 1.93 bits per heavy atom. The van der Waals surface area contributed by atoms with Crippen molar-refractivity contribution in [2.45, 2.75) is 50.7 Å². The maximum absolute atomic E-state index is 11.2. The molecule has 1 heterocycles. The lowest BCUT2D eigenvalue weighted by Gasteiger charge is -2.36. The zero-order valence-corrected chi connectivity index (χ0v) is 9.06. The van der Waals surface area contributed by atoms with Crippen molar-refractivity contribution in [3.8, 4) is 0 Å². The van der Waals surface area contributed by atoms with E-state index >= 15 is 0 Å². The van der Waals surface area contributed by atoms with E-state index in [0.717, 1.165) is 38.6 Å². The molecule has 0 aromatic rings. The predicted octanol–water partition coefficient (Wildman–Crippen LogP) is 1.08. The van der Waals surface area contributed by atoms with E-state index in [4.69, 9.17) is 5.73 Å². The second-order valence-electron chi connectivity index (χ2n) is 4.76. The van der Waals surface area contributed by atoms with Gasteiger partial charge in [0.25, 0.3) is 0 Å². The highest BCUT2D eigenvalue weighted by Gasteiger charge is 2.38. The molecule has 2 aliphatic rings. The van der Waals surface area contributed by atoms with Gasteiger partial charge in [-0.05, 0) is 25.7 Å². The minimum Gasteiger partial charge on any atom is -0.393 e. The van der Waals surface area contributed by atoms with Gasteiger partial charge in [-0.3, -0.25) is 0 Å². The van der Waals surface area contributed by atoms with Crippen molar-refractivity contribution < 1.29 is 9.90 Å². The summed E-state index contributed by atoms with van der Waals surface area (Å²) in [5, 5.41) is 9.95. The maximum Gasteiger partial charge on any atom is 0.315 e. The lowest BCUT2D eigenvalue weighted by molar-refractivity contribution is 0.0316. The molecule has 0 aromatic heterocycles. The molecule has 2 rings (SSSR count). The molecule has 1 saturated carbocycles. The van der Waals surface area contributed by atoms with Crippen LogP contribution in [0.3, 0.4) is 0 Å². The van der Waals surface area contributed by atoms with Crippen molar-refractivity contribution >= 4 is 6.03 Å². The predicted molar refractivity (Wildman–Crippen MR) is 57.3 cm³/mol. The molecule has 86 valence electrons. The van der Waals surface area contributed by atoms with Gasteiger partial charge < -0.3 is 15.7 Å². The molecule has 2 amide bonds. The first-order chi connectivity index (χ1) is 7.20. The van der Waals surface area contributed by atoms with Crippen molar-refractivity contribution in [1.82, 2.24) is 4.90 Å². The third kappa shape index (κ3) is 2.09. The first-order valence-electron chi connectivity index (χ1n) is 5.94. The van der Waals surface area contributed by atoms with Crippen LogP contribution in [0.1, 0.15) is 38.5 Å². The SMILES string of the molecule is NC(=O)N1CCCC1C1CCCCC1O. The van der Waals surface area contributed by atoms with Crippen LogP contribution in [0.25, 0.3) is 0 Å². The average Bonchev–Trinajstić information content (AvgIpc) is 2.67. The number of rotatable bonds is 1. The molecule has 1 aliphatic carbocycles. The number of nitrogens with zero attached hydrogens (tertiary/aromatic N) is 1. The number of aliphatic hydroxyl groups excluding tert-OH is 1. The third-order valence-electron chi connectivity index (χ3n) is 3.86. The average molecular weight is 212 g/mol. The Morgan fingerprint density at radius 3 is 2.60 bits per heavy atom. The summed E-state index contributed by atoms with van der Waals surface area (Å²) in [6, 6.07) is -0.131. The highest BCUT2D eigenvalue weighted by Crippen LogP contribution is 2.34. The zero-order chi connectivity index (χ0) is 10.8. The summed E-state index contributed by atoms with van der Waals surface area (Å²) in [6.45, 7) is 0.767. The van der Waals surface area contributed by atoms with Crippen LogP contribution in [0.2, 0.25) is 0 Å². The Hall–Kier alpha value is -0.770. The summed E-state index contributed by atoms with van der Waals surface area (Å²) in [5.74, 6) is 0.258. The number of hydrogen-bond acceptors (Lipinski definition) is 2. The number of amides is 2. The van der Waals surface area contributed by atoms with Gasteiger partial charge in [0.2, 0.25) is 0 Å². The van der Waals surface area contributed by atoms with Crippen LogP contribution in [0.15, 0.2) is 0 Å². The number of carbonyl (C=O) groups excluding carboxylic acids is 1. The van der Waals surface area contributed by atoms with Crippen molar-refractivity contribution in [2.75, 3.05) is 6.54 Å². The Bertz CT molecular complexity index is 245. The quantitative estimate of drug-likeness (QED) is 0.683. The maximum atomic E-state index is 11.2. The fourth-order valence-electron chi connectivity index (χ4n) is 3.10. The molecule has 3 atom stereocenters. The number of primary amides is 1. The molecule has 15 heavy (non-hydrogen) atoms. The van der Waals surface area contributed by atoms with Gasteiger partial charge in [-0.15, -0.1) is 0 Å². The van der Waals surface area contributed by atoms with E-state index in [1.165, 1.54) is 6.42 Å². The molecule has 0 bridgehead atoms. The third-order valence-corrected chi connectivity index (χ3v) is 3.86. The van der Waals surface area contributed by atoms with E-state index in [1.807, 2.05) is 0 Å². The van der Waals surface area contributed by atoms with E-state index in [9.17, 15) is 9.90 Å². The van der Waals surface area contributed by atoms with Gasteiger partial charge in [0.1, 0.15) is 0 Å². The van der Waals surface area contributed by atoms with E-state index in [2.05, 4.69) is 0 Å². The highest BCUT2D eigenvalue weighted by molar-refractivity contribution is 5.72. The Morgan fingerprint density at radius 1 is 1.20 bits per heavy atom. The van der Waals surface area contributed by atoms with Crippen LogP contribution in [-0.4, -0.2) is 34.7 Å².